The van der Waals surface area contributed by atoms with E-state index < -0.39 is 0 Å². The molecule has 0 amide bonds. The van der Waals surface area contributed by atoms with E-state index in [0.29, 0.717) is 0 Å². The smallest absolute Gasteiger partial charge is 0.0817 e. The second-order valence-electron chi connectivity index (χ2n) is 3.81. The van der Waals surface area contributed by atoms with Crippen molar-refractivity contribution in [2.45, 2.75) is 39.3 Å². The number of hydrogen-bond acceptors (Lipinski definition) is 0. The zero-order valence-corrected chi connectivity index (χ0v) is 8.79. The van der Waals surface area contributed by atoms with Crippen LogP contribution in [0.15, 0.2) is 30.3 Å². The minimum absolute atomic E-state index is 0.729. The molecule has 0 heterocycles. The Hall–Kier alpha value is -0.715. The molecule has 0 saturated heterocycles. The molecule has 0 spiro atoms. The van der Waals surface area contributed by atoms with Crippen LogP contribution in [0.2, 0.25) is 13.1 Å². The fourth-order valence-electron chi connectivity index (χ4n) is 1.65. The zero-order chi connectivity index (χ0) is 9.52. The Balaban J connectivity index is 2.35. The number of benzene rings is 1. The van der Waals surface area contributed by atoms with Gasteiger partial charge in [-0.05, 0) is 0 Å². The summed E-state index contributed by atoms with van der Waals surface area (Å²) >= 11 is 0. The van der Waals surface area contributed by atoms with Crippen LogP contribution >= 0.6 is 0 Å². The lowest BCUT2D eigenvalue weighted by atomic mass is 9.44. The Kier molecular flexibility index (Phi) is 4.66. The first-order valence-corrected chi connectivity index (χ1v) is 5.39. The van der Waals surface area contributed by atoms with Crippen molar-refractivity contribution in [3.63, 3.8) is 0 Å². The van der Waals surface area contributed by atoms with Crippen LogP contribution in [0.3, 0.4) is 0 Å². The molecule has 0 radical (unpaired) electrons. The van der Waals surface area contributed by atoms with Crippen LogP contribution < -0.4 is 5.46 Å². The van der Waals surface area contributed by atoms with Gasteiger partial charge in [0, 0.05) is 0 Å². The normalized spacial score (nSPS) is 10.0. The fourth-order valence-corrected chi connectivity index (χ4v) is 1.65. The third-order valence-corrected chi connectivity index (χ3v) is 2.61. The van der Waals surface area contributed by atoms with Gasteiger partial charge in [-0.3, -0.25) is 0 Å². The maximum atomic E-state index is 2.32. The molecule has 0 aliphatic heterocycles. The van der Waals surface area contributed by atoms with E-state index in [1.807, 2.05) is 0 Å². The summed E-state index contributed by atoms with van der Waals surface area (Å²) in [6.07, 6.45) is 5.39. The van der Waals surface area contributed by atoms with E-state index in [2.05, 4.69) is 44.1 Å². The lowest BCUT2D eigenvalue weighted by molar-refractivity contribution is 0.767. The lowest BCUT2D eigenvalue weighted by Crippen LogP contribution is -2.25. The van der Waals surface area contributed by atoms with Gasteiger partial charge in [-0.15, -0.1) is 0 Å². The van der Waals surface area contributed by atoms with E-state index in [0.717, 1.165) is 6.71 Å². The molecule has 0 saturated carbocycles. The van der Waals surface area contributed by atoms with Crippen LogP contribution in [0, 0.1) is 0 Å². The van der Waals surface area contributed by atoms with Crippen LogP contribution in [0.4, 0.5) is 0 Å². The minimum Gasteiger partial charge on any atom is -0.0817 e. The van der Waals surface area contributed by atoms with Crippen molar-refractivity contribution in [2.24, 2.45) is 0 Å². The van der Waals surface area contributed by atoms with Crippen molar-refractivity contribution >= 4 is 12.2 Å². The summed E-state index contributed by atoms with van der Waals surface area (Å²) in [5.74, 6) is 0. The molecule has 1 aromatic carbocycles. The van der Waals surface area contributed by atoms with Crippen LogP contribution in [0.1, 0.15) is 26.2 Å². The van der Waals surface area contributed by atoms with Gasteiger partial charge < -0.3 is 0 Å². The first-order chi connectivity index (χ1) is 6.34. The topological polar surface area (TPSA) is 0 Å². The highest BCUT2D eigenvalue weighted by Gasteiger charge is 2.07. The van der Waals surface area contributed by atoms with Crippen LogP contribution in [0.25, 0.3) is 0 Å². The van der Waals surface area contributed by atoms with Gasteiger partial charge in [0.15, 0.2) is 6.71 Å². The highest BCUT2D eigenvalue weighted by Crippen LogP contribution is 2.04. The van der Waals surface area contributed by atoms with Gasteiger partial charge in [0.1, 0.15) is 0 Å². The number of unbranched alkanes of at least 4 members (excludes halogenated alkanes) is 2. The van der Waals surface area contributed by atoms with E-state index in [1.165, 1.54) is 31.0 Å². The molecule has 13 heavy (non-hydrogen) atoms. The summed E-state index contributed by atoms with van der Waals surface area (Å²) in [7, 11) is 0. The third kappa shape index (κ3) is 3.67. The third-order valence-electron chi connectivity index (χ3n) is 2.61. The van der Waals surface area contributed by atoms with Gasteiger partial charge in [-0.1, -0.05) is 75.1 Å². The van der Waals surface area contributed by atoms with Crippen molar-refractivity contribution in [1.82, 2.24) is 0 Å². The summed E-state index contributed by atoms with van der Waals surface area (Å²) < 4.78 is 0. The highest BCUT2D eigenvalue weighted by atomic mass is 13.9. The average Bonchev–Trinajstić information content (AvgIpc) is 2.19. The molecule has 1 aromatic rings. The maximum absolute atomic E-state index is 2.32. The second-order valence-corrected chi connectivity index (χ2v) is 3.81. The number of hydrogen-bond donors (Lipinski definition) is 0. The summed E-state index contributed by atoms with van der Waals surface area (Å²) in [4.78, 5) is 0. The average molecular weight is 174 g/mol. The first-order valence-electron chi connectivity index (χ1n) is 5.39. The quantitative estimate of drug-likeness (QED) is 0.475. The standard InChI is InChI=1S/C12H19B/c1-3-4-8-11-13(2)12-9-6-5-7-10-12/h5-7,9-10H,3-4,8,11H2,1-2H3. The second kappa shape index (κ2) is 5.85. The molecule has 0 aliphatic rings. The molecular formula is C12H19B. The fraction of sp³-hybridized carbons (Fsp3) is 0.500. The van der Waals surface area contributed by atoms with Crippen molar-refractivity contribution in [2.75, 3.05) is 0 Å². The van der Waals surface area contributed by atoms with E-state index in [-0.39, 0.29) is 0 Å². The molecule has 0 unspecified atom stereocenters. The van der Waals surface area contributed by atoms with E-state index in [4.69, 9.17) is 0 Å². The van der Waals surface area contributed by atoms with Crippen LogP contribution in [-0.2, 0) is 0 Å². The molecule has 0 N–H and O–H groups in total. The largest absolute Gasteiger partial charge is 0.172 e. The zero-order valence-electron chi connectivity index (χ0n) is 8.79. The molecule has 0 aromatic heterocycles. The summed E-state index contributed by atoms with van der Waals surface area (Å²) in [5.41, 5.74) is 1.48. The minimum atomic E-state index is 0.729. The molecule has 0 fully saturated rings. The Morgan fingerprint density at radius 3 is 2.38 bits per heavy atom. The summed E-state index contributed by atoms with van der Waals surface area (Å²) in [5, 5.41) is 0. The summed E-state index contributed by atoms with van der Waals surface area (Å²) in [6.45, 7) is 5.31. The van der Waals surface area contributed by atoms with Crippen LogP contribution in [-0.4, -0.2) is 6.71 Å². The van der Waals surface area contributed by atoms with Gasteiger partial charge >= 0.3 is 0 Å². The Bertz CT molecular complexity index is 218. The van der Waals surface area contributed by atoms with Gasteiger partial charge in [0.25, 0.3) is 0 Å². The monoisotopic (exact) mass is 174 g/mol. The Morgan fingerprint density at radius 2 is 1.77 bits per heavy atom. The van der Waals surface area contributed by atoms with Gasteiger partial charge in [0.2, 0.25) is 0 Å². The Labute approximate surface area is 82.4 Å². The van der Waals surface area contributed by atoms with Gasteiger partial charge in [-0.2, -0.15) is 0 Å². The summed E-state index contributed by atoms with van der Waals surface area (Å²) in [6, 6.07) is 10.8. The first kappa shape index (κ1) is 10.4. The van der Waals surface area contributed by atoms with E-state index in [9.17, 15) is 0 Å². The van der Waals surface area contributed by atoms with Gasteiger partial charge in [-0.25, -0.2) is 0 Å². The lowest BCUT2D eigenvalue weighted by Gasteiger charge is -2.07. The van der Waals surface area contributed by atoms with Crippen molar-refractivity contribution in [1.29, 1.82) is 0 Å². The predicted octanol–water partition coefficient (Wildman–Crippen LogP) is 3.21. The maximum Gasteiger partial charge on any atom is 0.172 e. The molecule has 1 heteroatoms. The van der Waals surface area contributed by atoms with Crippen molar-refractivity contribution < 1.29 is 0 Å². The predicted molar refractivity (Wildman–Crippen MR) is 62.0 cm³/mol. The molecule has 1 rings (SSSR count). The molecule has 0 nitrogen and oxygen atoms in total. The molecule has 0 atom stereocenters. The highest BCUT2D eigenvalue weighted by molar-refractivity contribution is 6.71. The van der Waals surface area contributed by atoms with E-state index >= 15 is 0 Å². The van der Waals surface area contributed by atoms with E-state index in [1.54, 1.807) is 0 Å². The van der Waals surface area contributed by atoms with Gasteiger partial charge in [0.05, 0.1) is 0 Å². The van der Waals surface area contributed by atoms with Crippen molar-refractivity contribution in [3.8, 4) is 0 Å². The molecular weight excluding hydrogens is 155 g/mol. The number of rotatable bonds is 5. The molecule has 0 bridgehead atoms. The molecule has 0 aliphatic carbocycles. The van der Waals surface area contributed by atoms with Crippen LogP contribution in [0.5, 0.6) is 0 Å². The molecule has 70 valence electrons. The Morgan fingerprint density at radius 1 is 1.08 bits per heavy atom. The SMILES string of the molecule is CCCCCB(C)c1ccccc1. The van der Waals surface area contributed by atoms with Crippen molar-refractivity contribution in [3.05, 3.63) is 30.3 Å².